The molecule has 0 aliphatic heterocycles. The molecule has 28 heavy (non-hydrogen) atoms. The van der Waals surface area contributed by atoms with Gasteiger partial charge < -0.3 is 9.67 Å². The van der Waals surface area contributed by atoms with Crippen molar-refractivity contribution in [3.8, 4) is 22.7 Å². The maximum Gasteiger partial charge on any atom is 0.177 e. The summed E-state index contributed by atoms with van der Waals surface area (Å²) in [5.74, 6) is 0.569. The van der Waals surface area contributed by atoms with E-state index in [9.17, 15) is 9.50 Å². The van der Waals surface area contributed by atoms with Crippen LogP contribution in [0.4, 0.5) is 4.39 Å². The molecule has 0 saturated heterocycles. The van der Waals surface area contributed by atoms with Crippen molar-refractivity contribution < 1.29 is 9.50 Å². The summed E-state index contributed by atoms with van der Waals surface area (Å²) >= 11 is 0. The molecule has 0 spiro atoms. The molecule has 1 fully saturated rings. The van der Waals surface area contributed by atoms with Crippen molar-refractivity contribution in [2.75, 3.05) is 0 Å². The second-order valence-corrected chi connectivity index (χ2v) is 7.40. The summed E-state index contributed by atoms with van der Waals surface area (Å²) in [7, 11) is 0. The van der Waals surface area contributed by atoms with Crippen LogP contribution in [-0.4, -0.2) is 36.0 Å². The highest BCUT2D eigenvalue weighted by molar-refractivity contribution is 5.68. The first kappa shape index (κ1) is 18.3. The molecule has 1 unspecified atom stereocenters. The van der Waals surface area contributed by atoms with Gasteiger partial charge in [0.1, 0.15) is 17.6 Å². The van der Waals surface area contributed by atoms with Crippen LogP contribution in [0.5, 0.6) is 5.75 Å². The van der Waals surface area contributed by atoms with Crippen LogP contribution in [0, 0.1) is 11.8 Å². The minimum absolute atomic E-state index is 0.0685. The predicted octanol–water partition coefficient (Wildman–Crippen LogP) is 4.22. The highest BCUT2D eigenvalue weighted by Crippen LogP contribution is 2.38. The van der Waals surface area contributed by atoms with Crippen LogP contribution in [0.3, 0.4) is 0 Å². The monoisotopic (exact) mass is 379 g/mol. The molecule has 1 aliphatic rings. The smallest absolute Gasteiger partial charge is 0.177 e. The molecule has 3 aromatic rings. The maximum atomic E-state index is 14.4. The Morgan fingerprint density at radius 1 is 1.29 bits per heavy atom. The average molecular weight is 379 g/mol. The second-order valence-electron chi connectivity index (χ2n) is 7.40. The van der Waals surface area contributed by atoms with Crippen molar-refractivity contribution in [1.29, 1.82) is 0 Å². The fourth-order valence-electron chi connectivity index (χ4n) is 3.72. The van der Waals surface area contributed by atoms with E-state index < -0.39 is 6.17 Å². The predicted molar refractivity (Wildman–Crippen MR) is 104 cm³/mol. The number of aromatic nitrogens is 5. The summed E-state index contributed by atoms with van der Waals surface area (Å²) in [5.41, 5.74) is 2.35. The van der Waals surface area contributed by atoms with Gasteiger partial charge in [0.25, 0.3) is 0 Å². The summed E-state index contributed by atoms with van der Waals surface area (Å²) in [6.07, 6.45) is 8.01. The third kappa shape index (κ3) is 3.52. The Kier molecular flexibility index (Phi) is 4.90. The molecule has 0 bridgehead atoms. The average Bonchev–Trinajstić information content (AvgIpc) is 3.22. The van der Waals surface area contributed by atoms with Gasteiger partial charge in [-0.25, -0.2) is 14.4 Å². The maximum absolute atomic E-state index is 14.4. The molecule has 2 aromatic heterocycles. The van der Waals surface area contributed by atoms with Gasteiger partial charge in [0, 0.05) is 29.9 Å². The van der Waals surface area contributed by atoms with E-state index in [0.717, 1.165) is 18.5 Å². The number of benzene rings is 1. The quantitative estimate of drug-likeness (QED) is 0.734. The van der Waals surface area contributed by atoms with Crippen molar-refractivity contribution in [3.63, 3.8) is 0 Å². The highest BCUT2D eigenvalue weighted by Gasteiger charge is 2.32. The Morgan fingerprint density at radius 3 is 2.79 bits per heavy atom. The summed E-state index contributed by atoms with van der Waals surface area (Å²) in [6.45, 7) is 6.09. The van der Waals surface area contributed by atoms with Gasteiger partial charge in [-0.3, -0.25) is 0 Å². The lowest BCUT2D eigenvalue weighted by atomic mass is 9.78. The number of allylic oxidation sites excluding steroid dienone is 1. The number of phenolic OH excluding ortho intramolecular Hbond substituents is 1. The molecule has 0 amide bonds. The molecule has 1 aromatic carbocycles. The third-order valence-electron chi connectivity index (χ3n) is 5.39. The summed E-state index contributed by atoms with van der Waals surface area (Å²) in [6, 6.07) is 5.23. The number of alkyl halides is 1. The molecular weight excluding hydrogens is 357 g/mol. The van der Waals surface area contributed by atoms with Crippen LogP contribution in [0.2, 0.25) is 0 Å². The second kappa shape index (κ2) is 7.50. The van der Waals surface area contributed by atoms with E-state index >= 15 is 0 Å². The number of aromatic hydroxyl groups is 1. The van der Waals surface area contributed by atoms with E-state index in [1.54, 1.807) is 35.4 Å². The molecule has 144 valence electrons. The first-order chi connectivity index (χ1) is 13.5. The van der Waals surface area contributed by atoms with Crippen LogP contribution in [0.1, 0.15) is 32.0 Å². The van der Waals surface area contributed by atoms with Crippen molar-refractivity contribution >= 4 is 5.57 Å². The van der Waals surface area contributed by atoms with Crippen LogP contribution in [0.15, 0.2) is 49.7 Å². The SMILES string of the molecule is C=C(c1ncc(-c2ccc(-n3ccnc3)cc2O)nn1)[C@H]1CCC(C)C[C@@H]1F. The van der Waals surface area contributed by atoms with Crippen molar-refractivity contribution in [3.05, 3.63) is 55.5 Å². The number of phenols is 1. The van der Waals surface area contributed by atoms with Gasteiger partial charge in [-0.05, 0) is 42.9 Å². The molecule has 3 atom stereocenters. The standard InChI is InChI=1S/C21H22FN5O/c1-13-3-5-16(18(22)9-13)14(2)21-24-11-19(25-26-21)17-6-4-15(10-20(17)28)27-8-7-23-12-27/h4,6-8,10-13,16,18,28H,2-3,5,9H2,1H3/t13?,16-,18+/m1/s1. The lowest BCUT2D eigenvalue weighted by Gasteiger charge is -2.30. The number of rotatable bonds is 4. The van der Waals surface area contributed by atoms with Crippen LogP contribution in [-0.2, 0) is 0 Å². The molecule has 2 heterocycles. The van der Waals surface area contributed by atoms with Crippen molar-refractivity contribution in [2.45, 2.75) is 32.4 Å². The van der Waals surface area contributed by atoms with E-state index in [0.29, 0.717) is 35.0 Å². The molecule has 1 saturated carbocycles. The molecule has 1 aliphatic carbocycles. The van der Waals surface area contributed by atoms with Gasteiger partial charge in [0.15, 0.2) is 5.82 Å². The van der Waals surface area contributed by atoms with Crippen molar-refractivity contribution in [2.24, 2.45) is 11.8 Å². The zero-order valence-electron chi connectivity index (χ0n) is 15.7. The van der Waals surface area contributed by atoms with E-state index in [4.69, 9.17) is 0 Å². The fraction of sp³-hybridized carbons (Fsp3) is 0.333. The van der Waals surface area contributed by atoms with Gasteiger partial charge in [-0.15, -0.1) is 10.2 Å². The first-order valence-corrected chi connectivity index (χ1v) is 9.37. The van der Waals surface area contributed by atoms with E-state index in [1.807, 2.05) is 6.07 Å². The van der Waals surface area contributed by atoms with Crippen LogP contribution < -0.4 is 0 Å². The zero-order chi connectivity index (χ0) is 19.7. The van der Waals surface area contributed by atoms with E-state index in [2.05, 4.69) is 33.7 Å². The minimum Gasteiger partial charge on any atom is -0.507 e. The van der Waals surface area contributed by atoms with Gasteiger partial charge in [0.05, 0.1) is 18.2 Å². The normalized spacial score (nSPS) is 22.1. The minimum atomic E-state index is -0.917. The summed E-state index contributed by atoms with van der Waals surface area (Å²) in [5, 5.41) is 18.7. The van der Waals surface area contributed by atoms with Gasteiger partial charge in [0.2, 0.25) is 0 Å². The number of imidazole rings is 1. The summed E-state index contributed by atoms with van der Waals surface area (Å²) in [4.78, 5) is 8.33. The molecule has 1 N–H and O–H groups in total. The summed E-state index contributed by atoms with van der Waals surface area (Å²) < 4.78 is 16.2. The molecule has 6 nitrogen and oxygen atoms in total. The third-order valence-corrected chi connectivity index (χ3v) is 5.39. The van der Waals surface area contributed by atoms with Crippen molar-refractivity contribution in [1.82, 2.24) is 24.7 Å². The highest BCUT2D eigenvalue weighted by atomic mass is 19.1. The van der Waals surface area contributed by atoms with Gasteiger partial charge >= 0.3 is 0 Å². The van der Waals surface area contributed by atoms with Gasteiger partial charge in [-0.1, -0.05) is 13.5 Å². The zero-order valence-corrected chi connectivity index (χ0v) is 15.7. The lowest BCUT2D eigenvalue weighted by Crippen LogP contribution is -2.26. The fourth-order valence-corrected chi connectivity index (χ4v) is 3.72. The Morgan fingerprint density at radius 2 is 2.14 bits per heavy atom. The Balaban J connectivity index is 1.54. The molecular formula is C21H22FN5O. The molecule has 0 radical (unpaired) electrons. The number of hydrogen-bond donors (Lipinski definition) is 1. The van der Waals surface area contributed by atoms with Crippen LogP contribution >= 0.6 is 0 Å². The number of nitrogens with zero attached hydrogens (tertiary/aromatic N) is 5. The van der Waals surface area contributed by atoms with E-state index in [-0.39, 0.29) is 11.7 Å². The first-order valence-electron chi connectivity index (χ1n) is 9.37. The number of halogens is 1. The topological polar surface area (TPSA) is 76.7 Å². The Labute approximate surface area is 162 Å². The largest absolute Gasteiger partial charge is 0.507 e. The number of hydrogen-bond acceptors (Lipinski definition) is 5. The van der Waals surface area contributed by atoms with Crippen LogP contribution in [0.25, 0.3) is 22.5 Å². The van der Waals surface area contributed by atoms with Gasteiger partial charge in [-0.2, -0.15) is 0 Å². The lowest BCUT2D eigenvalue weighted by molar-refractivity contribution is 0.167. The Bertz CT molecular complexity index is 971. The molecule has 7 heteroatoms. The Hall–Kier alpha value is -3.09. The van der Waals surface area contributed by atoms with E-state index in [1.165, 1.54) is 6.20 Å². The molecule has 4 rings (SSSR count).